The first-order valence-corrected chi connectivity index (χ1v) is 3.54. The number of Topliss-reactive ketones (excluding diaryl/α,β-unsaturated/α-hetero) is 1. The Morgan fingerprint density at radius 1 is 1.25 bits per heavy atom. The zero-order valence-corrected chi connectivity index (χ0v) is 16.4. The third-order valence-corrected chi connectivity index (χ3v) is 2.18. The van der Waals surface area contributed by atoms with Gasteiger partial charge in [0.2, 0.25) is 0 Å². The van der Waals surface area contributed by atoms with E-state index in [1.54, 1.807) is 0 Å². The van der Waals surface area contributed by atoms with Crippen molar-refractivity contribution in [3.05, 3.63) is 0 Å². The molecule has 12 heavy (non-hydrogen) atoms. The van der Waals surface area contributed by atoms with Crippen molar-refractivity contribution in [2.45, 2.75) is 12.8 Å². The van der Waals surface area contributed by atoms with Crippen molar-refractivity contribution < 1.29 is 103 Å². The fourth-order valence-electron chi connectivity index (χ4n) is 1.45. The molecule has 5 heteroatoms. The summed E-state index contributed by atoms with van der Waals surface area (Å²) in [7, 11) is 0. The number of aliphatic hydroxyl groups is 2. The second-order valence-corrected chi connectivity index (χ2v) is 2.74. The van der Waals surface area contributed by atoms with Gasteiger partial charge < -0.3 is 10.2 Å². The number of rotatable bonds is 2. The fourth-order valence-corrected chi connectivity index (χ4v) is 1.45. The van der Waals surface area contributed by atoms with Gasteiger partial charge in [0.25, 0.3) is 0 Å². The summed E-state index contributed by atoms with van der Waals surface area (Å²) in [5.41, 5.74) is 0. The van der Waals surface area contributed by atoms with Crippen molar-refractivity contribution in [2.75, 3.05) is 13.2 Å². The van der Waals surface area contributed by atoms with Crippen molar-refractivity contribution in [1.82, 2.24) is 0 Å². The summed E-state index contributed by atoms with van der Waals surface area (Å²) in [6.45, 7) is -0.0823. The Bertz CT molecular complexity index is 141. The van der Waals surface area contributed by atoms with E-state index in [1.165, 1.54) is 0 Å². The molecule has 2 atom stereocenters. The van der Waals surface area contributed by atoms with E-state index in [0.29, 0.717) is 6.42 Å². The van der Waals surface area contributed by atoms with Crippen LogP contribution in [0.15, 0.2) is 0 Å². The molecule has 0 saturated heterocycles. The van der Waals surface area contributed by atoms with E-state index in [1.807, 2.05) is 0 Å². The molecule has 0 heterocycles. The molecule has 1 aliphatic rings. The predicted octanol–water partition coefficient (Wildman–Crippen LogP) is -0.434. The third kappa shape index (κ3) is 4.33. The maximum absolute atomic E-state index is 10.9. The van der Waals surface area contributed by atoms with Crippen LogP contribution in [0.25, 0.3) is 0 Å². The Morgan fingerprint density at radius 3 is 2.17 bits per heavy atom. The van der Waals surface area contributed by atoms with Crippen molar-refractivity contribution in [2.24, 2.45) is 11.8 Å². The number of carbonyl (C=O) groups is 1. The van der Waals surface area contributed by atoms with Crippen LogP contribution < -0.4 is 0 Å². The number of carbonyl (C=O) groups excluding carboxylic acids is 1. The molecule has 1 fully saturated rings. The molecular weight excluding hydrogens is 586 g/mol. The van der Waals surface area contributed by atoms with Crippen LogP contribution in [0.1, 0.15) is 12.8 Å². The van der Waals surface area contributed by atoms with E-state index in [9.17, 15) is 4.79 Å². The molecule has 0 amide bonds. The Kier molecular flexibility index (Phi) is 12.3. The van der Waals surface area contributed by atoms with Gasteiger partial charge in [0.05, 0.1) is 6.61 Å². The number of ketones is 1. The smallest absolute Gasteiger partial charge is 0.138 e. The summed E-state index contributed by atoms with van der Waals surface area (Å²) in [6, 6.07) is 0. The minimum Gasteiger partial charge on any atom is -0.396 e. The molecule has 0 aromatic carbocycles. The molecule has 0 unspecified atom stereocenters. The Hall–Kier alpha value is 2.47. The summed E-state index contributed by atoms with van der Waals surface area (Å²) in [6.07, 6.45) is 1.26. The molecule has 0 aromatic rings. The van der Waals surface area contributed by atoms with Gasteiger partial charge in [0.15, 0.2) is 0 Å². The zero-order chi connectivity index (χ0) is 7.56. The van der Waals surface area contributed by atoms with Gasteiger partial charge in [-0.05, 0) is 12.3 Å². The molecule has 0 aromatic heterocycles. The van der Waals surface area contributed by atoms with Gasteiger partial charge in [-0.15, -0.1) is 0 Å². The average molecular weight is 598 g/mol. The summed E-state index contributed by atoms with van der Waals surface area (Å²) in [4.78, 5) is 10.9. The molecule has 0 aliphatic heterocycles. The normalized spacial score (nSPS) is 27.7. The molecule has 3 nitrogen and oxygen atoms in total. The topological polar surface area (TPSA) is 57.5 Å². The summed E-state index contributed by atoms with van der Waals surface area (Å²) < 4.78 is 0. The number of hydrogen-bond acceptors (Lipinski definition) is 3. The van der Waals surface area contributed by atoms with E-state index in [-0.39, 0.29) is 119 Å². The number of aliphatic hydroxyl groups excluding tert-OH is 2. The van der Waals surface area contributed by atoms with Crippen LogP contribution >= 0.6 is 0 Å². The second kappa shape index (κ2) is 8.76. The van der Waals surface area contributed by atoms with Crippen molar-refractivity contribution in [3.8, 4) is 0 Å². The minimum absolute atomic E-state index is 0. The van der Waals surface area contributed by atoms with E-state index in [0.717, 1.165) is 6.42 Å². The molecule has 0 bridgehead atoms. The van der Waals surface area contributed by atoms with Gasteiger partial charge in [-0.2, -0.15) is 0 Å². The van der Waals surface area contributed by atoms with Crippen molar-refractivity contribution in [1.29, 1.82) is 0 Å². The fraction of sp³-hybridized carbons (Fsp3) is 0.857. The van der Waals surface area contributed by atoms with Crippen molar-refractivity contribution >= 4 is 5.78 Å². The van der Waals surface area contributed by atoms with Gasteiger partial charge in [0, 0.05) is 107 Å². The van der Waals surface area contributed by atoms with E-state index < -0.39 is 0 Å². The standard InChI is InChI=1S/C7H12O3.2Ac/c8-3-5-1-2-7(10)6(5)4-9;;/h5-6,8-9H,1-4H2;;/t5-,6-;;/m0../s1. The van der Waals surface area contributed by atoms with Gasteiger partial charge >= 0.3 is 0 Å². The van der Waals surface area contributed by atoms with Gasteiger partial charge in [0.1, 0.15) is 5.78 Å². The third-order valence-electron chi connectivity index (χ3n) is 2.18. The largest absolute Gasteiger partial charge is 0.396 e. The van der Waals surface area contributed by atoms with Gasteiger partial charge in [-0.1, -0.05) is 0 Å². The van der Waals surface area contributed by atoms with Crippen LogP contribution in [0.5, 0.6) is 0 Å². The van der Waals surface area contributed by atoms with Crippen LogP contribution in [0, 0.1) is 100.0 Å². The summed E-state index contributed by atoms with van der Waals surface area (Å²) in [5, 5.41) is 17.4. The second-order valence-electron chi connectivity index (χ2n) is 2.74. The first kappa shape index (κ1) is 16.9. The predicted molar refractivity (Wildman–Crippen MR) is 35.4 cm³/mol. The molecule has 0 spiro atoms. The van der Waals surface area contributed by atoms with E-state index in [2.05, 4.69) is 0 Å². The monoisotopic (exact) mass is 598 g/mol. The minimum atomic E-state index is -0.287. The van der Waals surface area contributed by atoms with Crippen molar-refractivity contribution in [3.63, 3.8) is 0 Å². The first-order chi connectivity index (χ1) is 4.79. The molecule has 2 radical (unpaired) electrons. The maximum atomic E-state index is 10.9. The molecule has 1 aliphatic carbocycles. The van der Waals surface area contributed by atoms with Crippen LogP contribution in [0.4, 0.5) is 0 Å². The summed E-state index contributed by atoms with van der Waals surface area (Å²) >= 11 is 0. The van der Waals surface area contributed by atoms with Crippen LogP contribution in [-0.2, 0) is 4.79 Å². The average Bonchev–Trinajstić information content (AvgIpc) is 2.30. The Labute approximate surface area is 144 Å². The molecule has 1 saturated carbocycles. The molecular formula is C7H12Ac2O3. The SMILES string of the molecule is O=C1CC[C@@H](CO)[C@@H]1CO.[Ac].[Ac]. The maximum Gasteiger partial charge on any atom is 0.138 e. The Morgan fingerprint density at radius 2 is 1.83 bits per heavy atom. The van der Waals surface area contributed by atoms with Gasteiger partial charge in [-0.25, -0.2) is 0 Å². The van der Waals surface area contributed by atoms with Gasteiger partial charge in [-0.3, -0.25) is 4.79 Å². The van der Waals surface area contributed by atoms with Crippen LogP contribution in [0.2, 0.25) is 0 Å². The van der Waals surface area contributed by atoms with Crippen LogP contribution in [-0.4, -0.2) is 29.2 Å². The summed E-state index contributed by atoms with van der Waals surface area (Å²) in [5.74, 6) is -0.177. The number of hydrogen-bond donors (Lipinski definition) is 2. The van der Waals surface area contributed by atoms with Crippen LogP contribution in [0.3, 0.4) is 0 Å². The zero-order valence-electron chi connectivity index (χ0n) is 6.94. The Balaban J connectivity index is 0. The van der Waals surface area contributed by atoms with E-state index >= 15 is 0 Å². The molecule has 64 valence electrons. The van der Waals surface area contributed by atoms with E-state index in [4.69, 9.17) is 10.2 Å². The quantitative estimate of drug-likeness (QED) is 0.454. The molecule has 2 N–H and O–H groups in total. The molecule has 1 rings (SSSR count). The first-order valence-electron chi connectivity index (χ1n) is 3.54.